The largest absolute Gasteiger partial charge is 0.468 e. The number of fused-ring (bicyclic) bond motifs is 1. The number of carbonyl (C=O) groups excluding carboxylic acids is 1. The second-order valence-corrected chi connectivity index (χ2v) is 2.84. The van der Waals surface area contributed by atoms with E-state index in [1.54, 1.807) is 6.92 Å². The van der Waals surface area contributed by atoms with Gasteiger partial charge in [-0.3, -0.25) is 4.79 Å². The van der Waals surface area contributed by atoms with Crippen LogP contribution in [-0.4, -0.2) is 26.3 Å². The fourth-order valence-corrected chi connectivity index (χ4v) is 1.16. The Morgan fingerprint density at radius 2 is 2.18 bits per heavy atom. The molecule has 3 heteroatoms. The molecule has 3 nitrogen and oxygen atoms in total. The number of ether oxygens (including phenoxy) is 2. The third kappa shape index (κ3) is 2.89. The summed E-state index contributed by atoms with van der Waals surface area (Å²) in [7, 11) is 0. The molecule has 0 aromatic rings. The molecule has 1 heterocycles. The highest BCUT2D eigenvalue weighted by Crippen LogP contribution is 2.43. The topological polar surface area (TPSA) is 35.5 Å². The van der Waals surface area contributed by atoms with Gasteiger partial charge in [0.05, 0.1) is 6.61 Å². The van der Waals surface area contributed by atoms with Crippen LogP contribution in [0, 0.1) is 11.8 Å². The Morgan fingerprint density at radius 3 is 2.27 bits per heavy atom. The molecular weight excluding hydrogens is 144 g/mol. The SMILES string of the molecule is C1OCC2CC12.CCOC=O. The van der Waals surface area contributed by atoms with Crippen molar-refractivity contribution in [3.05, 3.63) is 0 Å². The average molecular weight is 158 g/mol. The van der Waals surface area contributed by atoms with Crippen molar-refractivity contribution in [2.45, 2.75) is 13.3 Å². The predicted molar refractivity (Wildman–Crippen MR) is 40.1 cm³/mol. The van der Waals surface area contributed by atoms with E-state index in [1.165, 1.54) is 6.42 Å². The van der Waals surface area contributed by atoms with Crippen LogP contribution < -0.4 is 0 Å². The van der Waals surface area contributed by atoms with Crippen molar-refractivity contribution >= 4 is 6.47 Å². The van der Waals surface area contributed by atoms with E-state index in [2.05, 4.69) is 4.74 Å². The van der Waals surface area contributed by atoms with E-state index in [-0.39, 0.29) is 0 Å². The molecule has 2 rings (SSSR count). The van der Waals surface area contributed by atoms with Crippen LogP contribution in [0.15, 0.2) is 0 Å². The van der Waals surface area contributed by atoms with Gasteiger partial charge in [0.25, 0.3) is 6.47 Å². The summed E-state index contributed by atoms with van der Waals surface area (Å²) in [6.45, 7) is 4.78. The minimum Gasteiger partial charge on any atom is -0.468 e. The van der Waals surface area contributed by atoms with Crippen LogP contribution in [0.3, 0.4) is 0 Å². The number of rotatable bonds is 2. The quantitative estimate of drug-likeness (QED) is 0.558. The molecule has 2 fully saturated rings. The number of hydrogen-bond donors (Lipinski definition) is 0. The monoisotopic (exact) mass is 158 g/mol. The lowest BCUT2D eigenvalue weighted by Gasteiger charge is -1.87. The second-order valence-electron chi connectivity index (χ2n) is 2.84. The summed E-state index contributed by atoms with van der Waals surface area (Å²) in [5, 5.41) is 0. The van der Waals surface area contributed by atoms with Gasteiger partial charge in [-0.15, -0.1) is 0 Å². The molecule has 1 saturated heterocycles. The predicted octanol–water partition coefficient (Wildman–Crippen LogP) is 0.832. The van der Waals surface area contributed by atoms with Crippen molar-refractivity contribution in [3.63, 3.8) is 0 Å². The zero-order valence-corrected chi connectivity index (χ0v) is 6.79. The first kappa shape index (κ1) is 8.53. The lowest BCUT2D eigenvalue weighted by molar-refractivity contribution is -0.128. The minimum atomic E-state index is 0.431. The maximum Gasteiger partial charge on any atom is 0.293 e. The third-order valence-corrected chi connectivity index (χ3v) is 1.97. The van der Waals surface area contributed by atoms with Crippen molar-refractivity contribution in [2.75, 3.05) is 19.8 Å². The van der Waals surface area contributed by atoms with E-state index in [0.29, 0.717) is 13.1 Å². The fourth-order valence-electron chi connectivity index (χ4n) is 1.16. The highest BCUT2D eigenvalue weighted by molar-refractivity contribution is 5.36. The summed E-state index contributed by atoms with van der Waals surface area (Å²) in [6.07, 6.45) is 1.46. The lowest BCUT2D eigenvalue weighted by Crippen LogP contribution is -1.86. The van der Waals surface area contributed by atoms with Gasteiger partial charge in [-0.25, -0.2) is 0 Å². The molecule has 0 spiro atoms. The molecule has 1 aliphatic carbocycles. The van der Waals surface area contributed by atoms with Crippen LogP contribution in [0.1, 0.15) is 13.3 Å². The van der Waals surface area contributed by atoms with Crippen molar-refractivity contribution in [1.29, 1.82) is 0 Å². The molecule has 0 bridgehead atoms. The third-order valence-electron chi connectivity index (χ3n) is 1.97. The van der Waals surface area contributed by atoms with Gasteiger partial charge in [0.1, 0.15) is 0 Å². The summed E-state index contributed by atoms with van der Waals surface area (Å²) < 4.78 is 9.26. The van der Waals surface area contributed by atoms with Crippen molar-refractivity contribution < 1.29 is 14.3 Å². The van der Waals surface area contributed by atoms with Gasteiger partial charge in [0.2, 0.25) is 0 Å². The molecule has 64 valence electrons. The van der Waals surface area contributed by atoms with Gasteiger partial charge < -0.3 is 9.47 Å². The van der Waals surface area contributed by atoms with E-state index in [4.69, 9.17) is 4.74 Å². The maximum atomic E-state index is 9.18. The summed E-state index contributed by atoms with van der Waals surface area (Å²) in [6, 6.07) is 0. The van der Waals surface area contributed by atoms with E-state index in [9.17, 15) is 4.79 Å². The molecule has 0 N–H and O–H groups in total. The summed E-state index contributed by atoms with van der Waals surface area (Å²) in [4.78, 5) is 9.18. The Balaban J connectivity index is 0.000000114. The molecule has 2 unspecified atom stereocenters. The minimum absolute atomic E-state index is 0.431. The van der Waals surface area contributed by atoms with Crippen LogP contribution in [0.25, 0.3) is 0 Å². The van der Waals surface area contributed by atoms with Gasteiger partial charge in [0.15, 0.2) is 0 Å². The van der Waals surface area contributed by atoms with Gasteiger partial charge in [0, 0.05) is 13.2 Å². The Kier molecular flexibility index (Phi) is 3.36. The molecule has 0 aromatic carbocycles. The molecule has 1 saturated carbocycles. The Morgan fingerprint density at radius 1 is 1.55 bits per heavy atom. The summed E-state index contributed by atoms with van der Waals surface area (Å²) in [5.74, 6) is 1.98. The summed E-state index contributed by atoms with van der Waals surface area (Å²) in [5.41, 5.74) is 0. The Labute approximate surface area is 66.7 Å². The molecule has 0 radical (unpaired) electrons. The van der Waals surface area contributed by atoms with Crippen LogP contribution in [0.5, 0.6) is 0 Å². The van der Waals surface area contributed by atoms with Crippen LogP contribution in [0.2, 0.25) is 0 Å². The molecule has 0 aromatic heterocycles. The molecular formula is C8H14O3. The average Bonchev–Trinajstić information content (AvgIpc) is 2.62. The van der Waals surface area contributed by atoms with Gasteiger partial charge in [-0.05, 0) is 25.2 Å². The second kappa shape index (κ2) is 4.34. The lowest BCUT2D eigenvalue weighted by atomic mass is 10.4. The first-order valence-corrected chi connectivity index (χ1v) is 4.01. The molecule has 2 atom stereocenters. The van der Waals surface area contributed by atoms with Gasteiger partial charge in [-0.2, -0.15) is 0 Å². The highest BCUT2D eigenvalue weighted by Gasteiger charge is 2.41. The summed E-state index contributed by atoms with van der Waals surface area (Å²) >= 11 is 0. The van der Waals surface area contributed by atoms with Crippen LogP contribution >= 0.6 is 0 Å². The highest BCUT2D eigenvalue weighted by atomic mass is 16.5. The van der Waals surface area contributed by atoms with Gasteiger partial charge >= 0.3 is 0 Å². The van der Waals surface area contributed by atoms with E-state index in [0.717, 1.165) is 25.0 Å². The number of carbonyl (C=O) groups is 1. The van der Waals surface area contributed by atoms with Crippen molar-refractivity contribution in [2.24, 2.45) is 11.8 Å². The van der Waals surface area contributed by atoms with Crippen molar-refractivity contribution in [1.82, 2.24) is 0 Å². The Bertz CT molecular complexity index is 117. The van der Waals surface area contributed by atoms with E-state index in [1.807, 2.05) is 0 Å². The van der Waals surface area contributed by atoms with E-state index < -0.39 is 0 Å². The molecule has 0 amide bonds. The number of hydrogen-bond acceptors (Lipinski definition) is 3. The van der Waals surface area contributed by atoms with Crippen LogP contribution in [-0.2, 0) is 14.3 Å². The standard InChI is InChI=1S/C5H8O.C3H6O2/c1-4-2-6-3-5(1)4;1-2-5-3-4/h4-5H,1-3H2;3H,2H2,1H3. The zero-order valence-electron chi connectivity index (χ0n) is 6.79. The Hall–Kier alpha value is -0.570. The maximum absolute atomic E-state index is 9.18. The first-order valence-electron chi connectivity index (χ1n) is 4.01. The molecule has 1 aliphatic heterocycles. The smallest absolute Gasteiger partial charge is 0.293 e. The van der Waals surface area contributed by atoms with Crippen molar-refractivity contribution in [3.8, 4) is 0 Å². The first-order chi connectivity index (χ1) is 5.38. The normalized spacial score (nSPS) is 31.4. The van der Waals surface area contributed by atoms with Gasteiger partial charge in [-0.1, -0.05) is 0 Å². The molecule has 2 aliphatic rings. The fraction of sp³-hybridized carbons (Fsp3) is 0.875. The zero-order chi connectivity index (χ0) is 8.10. The van der Waals surface area contributed by atoms with E-state index >= 15 is 0 Å². The molecule has 11 heavy (non-hydrogen) atoms. The van der Waals surface area contributed by atoms with Crippen LogP contribution in [0.4, 0.5) is 0 Å².